The molecule has 0 N–H and O–H groups in total. The first kappa shape index (κ1) is 11.3. The van der Waals surface area contributed by atoms with Gasteiger partial charge in [-0.3, -0.25) is 0 Å². The van der Waals surface area contributed by atoms with Crippen molar-refractivity contribution in [1.29, 1.82) is 0 Å². The van der Waals surface area contributed by atoms with E-state index in [0.717, 1.165) is 11.4 Å². The Balaban J connectivity index is 2.73. The van der Waals surface area contributed by atoms with E-state index in [-0.39, 0.29) is 0 Å². The number of halogens is 1. The number of hydrogen-bond donors (Lipinski definition) is 0. The second-order valence-electron chi connectivity index (χ2n) is 3.25. The highest BCUT2D eigenvalue weighted by Gasteiger charge is 2.09. The maximum Gasteiger partial charge on any atom is 0.214 e. The van der Waals surface area contributed by atoms with Crippen LogP contribution in [0.5, 0.6) is 0 Å². The largest absolute Gasteiger partial charge is 0.371 e. The van der Waals surface area contributed by atoms with Gasteiger partial charge in [-0.15, -0.1) is 0 Å². The molecule has 4 heteroatoms. The van der Waals surface area contributed by atoms with Gasteiger partial charge in [0.1, 0.15) is 0 Å². The van der Waals surface area contributed by atoms with Gasteiger partial charge in [0.2, 0.25) is 5.95 Å². The van der Waals surface area contributed by atoms with Crippen molar-refractivity contribution in [2.75, 3.05) is 24.0 Å². The van der Waals surface area contributed by atoms with Crippen LogP contribution in [-0.2, 0) is 0 Å². The van der Waals surface area contributed by atoms with Crippen LogP contribution in [0.3, 0.4) is 0 Å². The molecular formula is C10H15FN2S. The lowest BCUT2D eigenvalue weighted by molar-refractivity contribution is 0.582. The monoisotopic (exact) mass is 214 g/mol. The number of nitrogens with zero attached hydrogens (tertiary/aromatic N) is 2. The van der Waals surface area contributed by atoms with E-state index in [1.807, 2.05) is 13.1 Å². The highest BCUT2D eigenvalue weighted by molar-refractivity contribution is 7.98. The van der Waals surface area contributed by atoms with Crippen LogP contribution in [0.2, 0.25) is 0 Å². The Labute approximate surface area is 88.5 Å². The lowest BCUT2D eigenvalue weighted by atomic mass is 10.3. The number of aromatic nitrogens is 1. The summed E-state index contributed by atoms with van der Waals surface area (Å²) in [5, 5.41) is 0. The highest BCUT2D eigenvalue weighted by Crippen LogP contribution is 2.16. The van der Waals surface area contributed by atoms with Crippen LogP contribution >= 0.6 is 11.8 Å². The molecular weight excluding hydrogens is 199 g/mol. The van der Waals surface area contributed by atoms with Crippen molar-refractivity contribution in [3.63, 3.8) is 0 Å². The second kappa shape index (κ2) is 5.20. The minimum Gasteiger partial charge on any atom is -0.371 e. The van der Waals surface area contributed by atoms with Crippen LogP contribution in [0.15, 0.2) is 18.3 Å². The molecule has 1 rings (SSSR count). The molecule has 0 aliphatic carbocycles. The van der Waals surface area contributed by atoms with Crippen molar-refractivity contribution in [2.24, 2.45) is 0 Å². The maximum atomic E-state index is 12.8. The van der Waals surface area contributed by atoms with Crippen LogP contribution in [0.4, 0.5) is 10.1 Å². The summed E-state index contributed by atoms with van der Waals surface area (Å²) < 4.78 is 12.8. The third-order valence-corrected chi connectivity index (χ3v) is 3.00. The van der Waals surface area contributed by atoms with E-state index in [9.17, 15) is 4.39 Å². The van der Waals surface area contributed by atoms with E-state index < -0.39 is 5.95 Å². The Hall–Kier alpha value is -0.770. The van der Waals surface area contributed by atoms with E-state index in [1.165, 1.54) is 12.3 Å². The Morgan fingerprint density at radius 3 is 2.93 bits per heavy atom. The van der Waals surface area contributed by atoms with Gasteiger partial charge in [-0.2, -0.15) is 16.2 Å². The number of thioether (sulfide) groups is 1. The van der Waals surface area contributed by atoms with Gasteiger partial charge < -0.3 is 4.90 Å². The lowest BCUT2D eigenvalue weighted by Crippen LogP contribution is -2.30. The molecule has 0 saturated carbocycles. The van der Waals surface area contributed by atoms with E-state index in [4.69, 9.17) is 0 Å². The number of anilines is 1. The van der Waals surface area contributed by atoms with Crippen LogP contribution in [0.25, 0.3) is 0 Å². The molecule has 0 fully saturated rings. The zero-order valence-corrected chi connectivity index (χ0v) is 9.51. The summed E-state index contributed by atoms with van der Waals surface area (Å²) in [6.45, 7) is 2.12. The summed E-state index contributed by atoms with van der Waals surface area (Å²) in [4.78, 5) is 5.59. The molecule has 0 spiro atoms. The summed E-state index contributed by atoms with van der Waals surface area (Å²) in [5.74, 6) is 0.603. The molecule has 1 unspecified atom stereocenters. The third-order valence-electron chi connectivity index (χ3n) is 2.19. The second-order valence-corrected chi connectivity index (χ2v) is 4.16. The molecule has 0 aromatic carbocycles. The number of rotatable bonds is 4. The maximum absolute atomic E-state index is 12.8. The topological polar surface area (TPSA) is 16.1 Å². The van der Waals surface area contributed by atoms with Crippen molar-refractivity contribution >= 4 is 17.4 Å². The average molecular weight is 214 g/mol. The van der Waals surface area contributed by atoms with Crippen LogP contribution in [0.1, 0.15) is 6.92 Å². The van der Waals surface area contributed by atoms with Gasteiger partial charge in [0, 0.05) is 36.8 Å². The fourth-order valence-corrected chi connectivity index (χ4v) is 1.93. The predicted molar refractivity (Wildman–Crippen MR) is 60.4 cm³/mol. The molecule has 0 bridgehead atoms. The zero-order valence-electron chi connectivity index (χ0n) is 8.70. The smallest absolute Gasteiger partial charge is 0.214 e. The summed E-state index contributed by atoms with van der Waals surface area (Å²) in [6.07, 6.45) is 3.56. The molecule has 78 valence electrons. The SMILES string of the molecule is CSCC(C)N(C)c1ccnc(F)c1. The quantitative estimate of drug-likeness (QED) is 0.716. The van der Waals surface area contributed by atoms with E-state index >= 15 is 0 Å². The van der Waals surface area contributed by atoms with Gasteiger partial charge in [0.05, 0.1) is 0 Å². The summed E-state index contributed by atoms with van der Waals surface area (Å²) in [7, 11) is 1.97. The van der Waals surface area contributed by atoms with Crippen molar-refractivity contribution in [1.82, 2.24) is 4.98 Å². The number of pyridine rings is 1. The van der Waals surface area contributed by atoms with Gasteiger partial charge in [-0.1, -0.05) is 0 Å². The van der Waals surface area contributed by atoms with Crippen LogP contribution in [0, 0.1) is 5.95 Å². The van der Waals surface area contributed by atoms with E-state index in [2.05, 4.69) is 23.1 Å². The molecule has 0 saturated heterocycles. The third kappa shape index (κ3) is 2.87. The molecule has 1 heterocycles. The normalized spacial score (nSPS) is 12.6. The molecule has 0 aliphatic heterocycles. The van der Waals surface area contributed by atoms with Gasteiger partial charge in [0.15, 0.2) is 0 Å². The Bertz CT molecular complexity index is 293. The van der Waals surface area contributed by atoms with Crippen LogP contribution in [-0.4, -0.2) is 30.1 Å². The highest BCUT2D eigenvalue weighted by atomic mass is 32.2. The lowest BCUT2D eigenvalue weighted by Gasteiger charge is -2.26. The van der Waals surface area contributed by atoms with Crippen molar-refractivity contribution in [2.45, 2.75) is 13.0 Å². The molecule has 1 aromatic rings. The fourth-order valence-electron chi connectivity index (χ4n) is 1.22. The summed E-state index contributed by atoms with van der Waals surface area (Å²) in [6, 6.07) is 3.67. The molecule has 2 nitrogen and oxygen atoms in total. The fraction of sp³-hybridized carbons (Fsp3) is 0.500. The van der Waals surface area contributed by atoms with Crippen molar-refractivity contribution in [3.8, 4) is 0 Å². The van der Waals surface area contributed by atoms with Crippen molar-refractivity contribution in [3.05, 3.63) is 24.3 Å². The predicted octanol–water partition coefficient (Wildman–Crippen LogP) is 2.41. The van der Waals surface area contributed by atoms with Crippen LogP contribution < -0.4 is 4.90 Å². The van der Waals surface area contributed by atoms with Gasteiger partial charge >= 0.3 is 0 Å². The first-order chi connectivity index (χ1) is 6.65. The number of hydrogen-bond acceptors (Lipinski definition) is 3. The standard InChI is InChI=1S/C10H15FN2S/c1-8(7-14-3)13(2)9-4-5-12-10(11)6-9/h4-6,8H,7H2,1-3H3. The van der Waals surface area contributed by atoms with Gasteiger partial charge in [0.25, 0.3) is 0 Å². The Kier molecular flexibility index (Phi) is 4.20. The zero-order chi connectivity index (χ0) is 10.6. The molecule has 0 aliphatic rings. The average Bonchev–Trinajstić information content (AvgIpc) is 2.17. The molecule has 1 aromatic heterocycles. The minimum absolute atomic E-state index is 0.395. The van der Waals surface area contributed by atoms with Crippen molar-refractivity contribution < 1.29 is 4.39 Å². The van der Waals surface area contributed by atoms with Gasteiger partial charge in [-0.25, -0.2) is 4.98 Å². The minimum atomic E-state index is -0.425. The molecule has 0 radical (unpaired) electrons. The molecule has 14 heavy (non-hydrogen) atoms. The first-order valence-corrected chi connectivity index (χ1v) is 5.88. The summed E-state index contributed by atoms with van der Waals surface area (Å²) in [5.41, 5.74) is 0.874. The Morgan fingerprint density at radius 2 is 2.36 bits per heavy atom. The first-order valence-electron chi connectivity index (χ1n) is 4.48. The Morgan fingerprint density at radius 1 is 1.64 bits per heavy atom. The van der Waals surface area contributed by atoms with E-state index in [0.29, 0.717) is 6.04 Å². The molecule has 0 amide bonds. The molecule has 1 atom stereocenters. The summed E-state index contributed by atoms with van der Waals surface area (Å²) >= 11 is 1.79. The van der Waals surface area contributed by atoms with Gasteiger partial charge in [-0.05, 0) is 19.2 Å². The van der Waals surface area contributed by atoms with E-state index in [1.54, 1.807) is 11.8 Å².